The van der Waals surface area contributed by atoms with Crippen LogP contribution in [0, 0.1) is 0 Å². The normalized spacial score (nSPS) is 11.4. The average Bonchev–Trinajstić information content (AvgIpc) is 2.48. The average molecular weight is 299 g/mol. The summed E-state index contributed by atoms with van der Waals surface area (Å²) in [5.41, 5.74) is 0. The summed E-state index contributed by atoms with van der Waals surface area (Å²) in [5.74, 6) is 0. The number of unbranched alkanes of at least 4 members (excludes halogenated alkanes) is 11. The first-order chi connectivity index (χ1) is 10.3. The van der Waals surface area contributed by atoms with E-state index in [9.17, 15) is 0 Å². The molecule has 0 aromatic heterocycles. The molecule has 0 aliphatic carbocycles. The van der Waals surface area contributed by atoms with E-state index < -0.39 is 0 Å². The number of hydrogen-bond acceptors (Lipinski definition) is 0. The van der Waals surface area contributed by atoms with Gasteiger partial charge in [-0.25, -0.2) is 0 Å². The van der Waals surface area contributed by atoms with Crippen LogP contribution in [-0.2, 0) is 0 Å². The number of quaternary nitrogens is 1. The molecule has 0 aromatic carbocycles. The van der Waals surface area contributed by atoms with Gasteiger partial charge >= 0.3 is 0 Å². The first-order valence-corrected chi connectivity index (χ1v) is 10.2. The number of nitrogens with one attached hydrogen (secondary N) is 1. The molecular weight excluding hydrogens is 254 g/mol. The zero-order valence-corrected chi connectivity index (χ0v) is 15.5. The van der Waals surface area contributed by atoms with Gasteiger partial charge in [0.15, 0.2) is 0 Å². The second kappa shape index (κ2) is 18.0. The summed E-state index contributed by atoms with van der Waals surface area (Å²) in [4.78, 5) is 1.84. The van der Waals surface area contributed by atoms with E-state index in [1.165, 1.54) is 110 Å². The van der Waals surface area contributed by atoms with Crippen molar-refractivity contribution in [1.29, 1.82) is 0 Å². The lowest BCUT2D eigenvalue weighted by molar-refractivity contribution is -0.900. The highest BCUT2D eigenvalue weighted by molar-refractivity contribution is 4.48. The summed E-state index contributed by atoms with van der Waals surface area (Å²) >= 11 is 0. The Kier molecular flexibility index (Phi) is 18.0. The van der Waals surface area contributed by atoms with Crippen LogP contribution in [-0.4, -0.2) is 19.6 Å². The SMILES string of the molecule is CCCCCCCCCCCCCC[NH+](CCC)CCC. The Labute approximate surface area is 135 Å². The molecule has 0 saturated heterocycles. The number of rotatable bonds is 17. The molecule has 0 aliphatic heterocycles. The van der Waals surface area contributed by atoms with Crippen molar-refractivity contribution < 1.29 is 4.90 Å². The van der Waals surface area contributed by atoms with Crippen LogP contribution in [0.15, 0.2) is 0 Å². The third kappa shape index (κ3) is 16.2. The summed E-state index contributed by atoms with van der Waals surface area (Å²) in [5, 5.41) is 0. The zero-order valence-electron chi connectivity index (χ0n) is 15.5. The lowest BCUT2D eigenvalue weighted by Gasteiger charge is -2.17. The van der Waals surface area contributed by atoms with Gasteiger partial charge in [0.2, 0.25) is 0 Å². The van der Waals surface area contributed by atoms with Gasteiger partial charge in [-0.3, -0.25) is 0 Å². The van der Waals surface area contributed by atoms with Crippen molar-refractivity contribution in [2.75, 3.05) is 19.6 Å². The second-order valence-corrected chi connectivity index (χ2v) is 6.89. The lowest BCUT2D eigenvalue weighted by Crippen LogP contribution is -3.12. The molecule has 0 spiro atoms. The first-order valence-electron chi connectivity index (χ1n) is 10.2. The highest BCUT2D eigenvalue weighted by atomic mass is 15.1. The maximum Gasteiger partial charge on any atom is 0.0770 e. The Morgan fingerprint density at radius 1 is 0.381 bits per heavy atom. The standard InChI is InChI=1S/C20H43N/c1-4-7-8-9-10-11-12-13-14-15-16-17-20-21(18-5-2)19-6-3/h4-20H2,1-3H3/p+1. The van der Waals surface area contributed by atoms with Crippen LogP contribution in [0.25, 0.3) is 0 Å². The topological polar surface area (TPSA) is 4.44 Å². The molecule has 1 N–H and O–H groups in total. The third-order valence-corrected chi connectivity index (χ3v) is 4.59. The van der Waals surface area contributed by atoms with Crippen LogP contribution >= 0.6 is 0 Å². The van der Waals surface area contributed by atoms with Crippen LogP contribution in [0.5, 0.6) is 0 Å². The minimum atomic E-state index is 1.34. The van der Waals surface area contributed by atoms with Crippen molar-refractivity contribution in [3.63, 3.8) is 0 Å². The smallest absolute Gasteiger partial charge is 0.0770 e. The van der Waals surface area contributed by atoms with Crippen LogP contribution in [0.1, 0.15) is 111 Å². The van der Waals surface area contributed by atoms with Crippen molar-refractivity contribution in [3.05, 3.63) is 0 Å². The van der Waals surface area contributed by atoms with Crippen LogP contribution in [0.2, 0.25) is 0 Å². The molecule has 0 bridgehead atoms. The third-order valence-electron chi connectivity index (χ3n) is 4.59. The molecule has 0 amide bonds. The maximum atomic E-state index is 2.32. The van der Waals surface area contributed by atoms with E-state index in [1.54, 1.807) is 0 Å². The molecule has 0 fully saturated rings. The molecule has 0 radical (unpaired) electrons. The summed E-state index contributed by atoms with van der Waals surface area (Å²) in [6.45, 7) is 11.1. The lowest BCUT2D eigenvalue weighted by atomic mass is 10.1. The van der Waals surface area contributed by atoms with Crippen LogP contribution in [0.4, 0.5) is 0 Å². The van der Waals surface area contributed by atoms with Gasteiger partial charge in [-0.05, 0) is 25.7 Å². The van der Waals surface area contributed by atoms with Crippen LogP contribution in [0.3, 0.4) is 0 Å². The highest BCUT2D eigenvalue weighted by Gasteiger charge is 2.04. The first kappa shape index (κ1) is 21.0. The molecule has 21 heavy (non-hydrogen) atoms. The number of hydrogen-bond donors (Lipinski definition) is 1. The Morgan fingerprint density at radius 3 is 1.14 bits per heavy atom. The zero-order chi connectivity index (χ0) is 15.6. The van der Waals surface area contributed by atoms with Crippen molar-refractivity contribution in [2.24, 2.45) is 0 Å². The Hall–Kier alpha value is -0.0400. The van der Waals surface area contributed by atoms with Gasteiger partial charge in [0.1, 0.15) is 0 Å². The van der Waals surface area contributed by atoms with Gasteiger partial charge in [-0.2, -0.15) is 0 Å². The van der Waals surface area contributed by atoms with E-state index in [2.05, 4.69) is 20.8 Å². The Morgan fingerprint density at radius 2 is 0.762 bits per heavy atom. The monoisotopic (exact) mass is 298 g/mol. The van der Waals surface area contributed by atoms with E-state index in [4.69, 9.17) is 0 Å². The summed E-state index contributed by atoms with van der Waals surface area (Å²) in [6, 6.07) is 0. The molecule has 0 rings (SSSR count). The molecule has 0 atom stereocenters. The van der Waals surface area contributed by atoms with Gasteiger partial charge in [-0.1, -0.05) is 85.0 Å². The van der Waals surface area contributed by atoms with Crippen molar-refractivity contribution in [2.45, 2.75) is 111 Å². The molecule has 0 unspecified atom stereocenters. The van der Waals surface area contributed by atoms with E-state index in [0.29, 0.717) is 0 Å². The molecule has 0 heterocycles. The largest absolute Gasteiger partial charge is 0.335 e. The van der Waals surface area contributed by atoms with E-state index >= 15 is 0 Å². The summed E-state index contributed by atoms with van der Waals surface area (Å²) in [7, 11) is 0. The van der Waals surface area contributed by atoms with Gasteiger partial charge in [0.05, 0.1) is 19.6 Å². The van der Waals surface area contributed by atoms with E-state index in [1.807, 2.05) is 4.90 Å². The Bertz CT molecular complexity index is 173. The predicted octanol–water partition coefficient (Wildman–Crippen LogP) is 5.39. The van der Waals surface area contributed by atoms with Crippen molar-refractivity contribution >= 4 is 0 Å². The highest BCUT2D eigenvalue weighted by Crippen LogP contribution is 2.11. The molecule has 128 valence electrons. The fourth-order valence-corrected chi connectivity index (χ4v) is 3.30. The van der Waals surface area contributed by atoms with E-state index in [0.717, 1.165) is 0 Å². The Balaban J connectivity index is 3.17. The molecule has 0 saturated carbocycles. The minimum Gasteiger partial charge on any atom is -0.335 e. The fourth-order valence-electron chi connectivity index (χ4n) is 3.30. The summed E-state index contributed by atoms with van der Waals surface area (Å²) < 4.78 is 0. The van der Waals surface area contributed by atoms with Gasteiger partial charge in [0, 0.05) is 0 Å². The molecule has 1 heteroatoms. The minimum absolute atomic E-state index is 1.34. The van der Waals surface area contributed by atoms with E-state index in [-0.39, 0.29) is 0 Å². The van der Waals surface area contributed by atoms with Crippen molar-refractivity contribution in [1.82, 2.24) is 0 Å². The van der Waals surface area contributed by atoms with Crippen LogP contribution < -0.4 is 4.90 Å². The molecule has 1 nitrogen and oxygen atoms in total. The fraction of sp³-hybridized carbons (Fsp3) is 1.00. The van der Waals surface area contributed by atoms with Gasteiger partial charge in [0.25, 0.3) is 0 Å². The quantitative estimate of drug-likeness (QED) is 0.343. The maximum absolute atomic E-state index is 2.32. The van der Waals surface area contributed by atoms with Gasteiger partial charge in [-0.15, -0.1) is 0 Å². The predicted molar refractivity (Wildman–Crippen MR) is 97.2 cm³/mol. The second-order valence-electron chi connectivity index (χ2n) is 6.89. The molecule has 0 aromatic rings. The van der Waals surface area contributed by atoms with Gasteiger partial charge < -0.3 is 4.90 Å². The molecule has 0 aliphatic rings. The van der Waals surface area contributed by atoms with Crippen molar-refractivity contribution in [3.8, 4) is 0 Å². The summed E-state index contributed by atoms with van der Waals surface area (Å²) in [6.07, 6.45) is 20.2. The molecular formula is C20H44N+.